The van der Waals surface area contributed by atoms with E-state index in [-0.39, 0.29) is 17.9 Å². The molecule has 0 spiro atoms. The van der Waals surface area contributed by atoms with Gasteiger partial charge in [0.15, 0.2) is 0 Å². The zero-order chi connectivity index (χ0) is 40.7. The van der Waals surface area contributed by atoms with E-state index in [0.29, 0.717) is 0 Å². The third-order valence-electron chi connectivity index (χ3n) is 13.9. The van der Waals surface area contributed by atoms with E-state index in [0.717, 1.165) is 24.0 Å². The number of benzene rings is 9. The average molecular weight is 795 g/mol. The molecule has 294 valence electrons. The number of rotatable bonds is 5. The number of nitrogens with one attached hydrogen (secondary N) is 1. The molecule has 0 fully saturated rings. The van der Waals surface area contributed by atoms with Crippen LogP contribution in [0.1, 0.15) is 57.7 Å². The molecule has 1 aliphatic heterocycles. The molecule has 0 saturated carbocycles. The van der Waals surface area contributed by atoms with Crippen molar-refractivity contribution in [2.45, 2.75) is 30.7 Å². The van der Waals surface area contributed by atoms with E-state index in [1.807, 2.05) is 0 Å². The Morgan fingerprint density at radius 2 is 1.18 bits per heavy atom. The zero-order valence-electron chi connectivity index (χ0n) is 34.1. The lowest BCUT2D eigenvalue weighted by Crippen LogP contribution is -2.22. The smallest absolute Gasteiger partial charge is 0.139 e. The molecule has 3 atom stereocenters. The van der Waals surface area contributed by atoms with E-state index in [1.54, 1.807) is 0 Å². The first kappa shape index (κ1) is 35.2. The first-order chi connectivity index (χ1) is 30.7. The van der Waals surface area contributed by atoms with Gasteiger partial charge in [-0.05, 0) is 111 Å². The second kappa shape index (κ2) is 14.0. The molecule has 62 heavy (non-hydrogen) atoms. The third kappa shape index (κ3) is 5.51. The molecule has 0 bridgehead atoms. The lowest BCUT2D eigenvalue weighted by molar-refractivity contribution is 0.601. The van der Waals surface area contributed by atoms with Crippen LogP contribution in [0.4, 0.5) is 5.69 Å². The van der Waals surface area contributed by atoms with E-state index in [4.69, 9.17) is 4.42 Å². The summed E-state index contributed by atoms with van der Waals surface area (Å²) in [5.41, 5.74) is 19.7. The predicted molar refractivity (Wildman–Crippen MR) is 257 cm³/mol. The molecule has 3 unspecified atom stereocenters. The molecule has 0 saturated heterocycles. The Bertz CT molecular complexity index is 3520. The van der Waals surface area contributed by atoms with E-state index >= 15 is 0 Å². The average Bonchev–Trinajstić information content (AvgIpc) is 3.89. The number of nitrogens with zero attached hydrogens (tertiary/aromatic N) is 1. The summed E-state index contributed by atoms with van der Waals surface area (Å²) in [5.74, 6) is 0.390. The van der Waals surface area contributed by atoms with E-state index in [9.17, 15) is 0 Å². The summed E-state index contributed by atoms with van der Waals surface area (Å²) < 4.78 is 9.44. The first-order valence-corrected chi connectivity index (χ1v) is 21.9. The van der Waals surface area contributed by atoms with Gasteiger partial charge in [-0.15, -0.1) is 0 Å². The highest BCUT2D eigenvalue weighted by Gasteiger charge is 2.31. The van der Waals surface area contributed by atoms with Gasteiger partial charge >= 0.3 is 0 Å². The number of fused-ring (bicyclic) bond motifs is 10. The molecule has 0 amide bonds. The molecule has 1 N–H and O–H groups in total. The lowest BCUT2D eigenvalue weighted by Gasteiger charge is -2.34. The molecule has 13 rings (SSSR count). The third-order valence-corrected chi connectivity index (χ3v) is 13.9. The minimum atomic E-state index is 0.145. The van der Waals surface area contributed by atoms with Crippen LogP contribution in [0, 0.1) is 0 Å². The van der Waals surface area contributed by atoms with Crippen molar-refractivity contribution in [2.24, 2.45) is 0 Å². The number of hydrogen-bond donors (Lipinski definition) is 1. The molecule has 3 heterocycles. The van der Waals surface area contributed by atoms with E-state index in [1.165, 1.54) is 99.6 Å². The molecule has 0 radical (unpaired) electrons. The standard InChI is InChI=1S/C59H42N2O/c1-3-14-37(15-4-1)55-36-50(45-20-9-11-24-54(45)60-55)41-27-30-47-48-22-13-23-49(59(48)62-58(47)35-41)52-34-40-16-7-8-19-43(40)51-32-38(26-29-44(51)52)39-28-31-57-53(33-39)46-21-10-12-25-56(46)61(57)42-17-5-2-6-18-42/h1-33,35,50,52,55,60H,34,36H2. The molecule has 3 heteroatoms. The van der Waals surface area contributed by atoms with Crippen LogP contribution < -0.4 is 5.32 Å². The SMILES string of the molecule is c1ccc(C2CC(c3ccc4c(c3)oc3c(C5Cc6ccccc6-c6cc(-c7ccc8c(c7)c7ccccc7n8-c7ccccc7)ccc65)cccc34)c3ccccc3N2)cc1. The molecule has 2 aromatic heterocycles. The van der Waals surface area contributed by atoms with Gasteiger partial charge in [-0.25, -0.2) is 0 Å². The van der Waals surface area contributed by atoms with Crippen molar-refractivity contribution < 1.29 is 4.42 Å². The normalized spacial score (nSPS) is 16.9. The first-order valence-electron chi connectivity index (χ1n) is 21.9. The fourth-order valence-corrected chi connectivity index (χ4v) is 10.9. The number of furan rings is 1. The van der Waals surface area contributed by atoms with Gasteiger partial charge in [0, 0.05) is 50.3 Å². The van der Waals surface area contributed by atoms with Gasteiger partial charge in [-0.2, -0.15) is 0 Å². The molecular formula is C59H42N2O. The maximum absolute atomic E-state index is 7.06. The Morgan fingerprint density at radius 1 is 0.452 bits per heavy atom. The number of anilines is 1. The van der Waals surface area contributed by atoms with Crippen LogP contribution in [0.2, 0.25) is 0 Å². The molecule has 1 aliphatic carbocycles. The molecule has 3 nitrogen and oxygen atoms in total. The van der Waals surface area contributed by atoms with Gasteiger partial charge in [-0.1, -0.05) is 158 Å². The topological polar surface area (TPSA) is 30.1 Å². The van der Waals surface area contributed by atoms with E-state index < -0.39 is 0 Å². The van der Waals surface area contributed by atoms with Gasteiger partial charge in [0.05, 0.1) is 17.1 Å². The van der Waals surface area contributed by atoms with Gasteiger partial charge < -0.3 is 14.3 Å². The van der Waals surface area contributed by atoms with Crippen molar-refractivity contribution in [3.63, 3.8) is 0 Å². The summed E-state index contributed by atoms with van der Waals surface area (Å²) in [7, 11) is 0. The largest absolute Gasteiger partial charge is 0.456 e. The summed E-state index contributed by atoms with van der Waals surface area (Å²) in [4.78, 5) is 0. The summed E-state index contributed by atoms with van der Waals surface area (Å²) in [6.07, 6.45) is 1.89. The Morgan fingerprint density at radius 3 is 2.10 bits per heavy atom. The van der Waals surface area contributed by atoms with E-state index in [2.05, 4.69) is 216 Å². The van der Waals surface area contributed by atoms with Crippen LogP contribution in [0.5, 0.6) is 0 Å². The Balaban J connectivity index is 0.910. The summed E-state index contributed by atoms with van der Waals surface area (Å²) in [5, 5.41) is 8.71. The zero-order valence-corrected chi connectivity index (χ0v) is 34.1. The maximum Gasteiger partial charge on any atom is 0.139 e. The highest BCUT2D eigenvalue weighted by molar-refractivity contribution is 6.11. The van der Waals surface area contributed by atoms with Gasteiger partial charge in [-0.3, -0.25) is 0 Å². The highest BCUT2D eigenvalue weighted by atomic mass is 16.3. The van der Waals surface area contributed by atoms with Crippen LogP contribution in [-0.2, 0) is 6.42 Å². The van der Waals surface area contributed by atoms with Crippen molar-refractivity contribution >= 4 is 49.4 Å². The van der Waals surface area contributed by atoms with Gasteiger partial charge in [0.2, 0.25) is 0 Å². The van der Waals surface area contributed by atoms with Crippen molar-refractivity contribution in [3.05, 3.63) is 240 Å². The molecule has 2 aliphatic rings. The highest BCUT2D eigenvalue weighted by Crippen LogP contribution is 2.49. The summed E-state index contributed by atoms with van der Waals surface area (Å²) in [6, 6.07) is 76.2. The van der Waals surface area contributed by atoms with Crippen LogP contribution in [-0.4, -0.2) is 4.57 Å². The lowest BCUT2D eigenvalue weighted by atomic mass is 9.74. The number of aromatic nitrogens is 1. The molecule has 11 aromatic rings. The van der Waals surface area contributed by atoms with Gasteiger partial charge in [0.1, 0.15) is 11.2 Å². The Kier molecular flexibility index (Phi) is 7.93. The minimum Gasteiger partial charge on any atom is -0.456 e. The Hall–Kier alpha value is -7.62. The van der Waals surface area contributed by atoms with Crippen molar-refractivity contribution in [1.29, 1.82) is 0 Å². The number of para-hydroxylation sites is 4. The van der Waals surface area contributed by atoms with Crippen molar-refractivity contribution in [3.8, 4) is 27.9 Å². The summed E-state index contributed by atoms with van der Waals surface area (Å²) in [6.45, 7) is 0. The van der Waals surface area contributed by atoms with Crippen LogP contribution >= 0.6 is 0 Å². The fourth-order valence-electron chi connectivity index (χ4n) is 10.9. The predicted octanol–water partition coefficient (Wildman–Crippen LogP) is 15.4. The number of hydrogen-bond acceptors (Lipinski definition) is 2. The molecular weight excluding hydrogens is 753 g/mol. The summed E-state index contributed by atoms with van der Waals surface area (Å²) >= 11 is 0. The van der Waals surface area contributed by atoms with Crippen LogP contribution in [0.15, 0.2) is 211 Å². The van der Waals surface area contributed by atoms with Crippen molar-refractivity contribution in [2.75, 3.05) is 5.32 Å². The second-order valence-electron chi connectivity index (χ2n) is 17.2. The monoisotopic (exact) mass is 794 g/mol. The minimum absolute atomic E-state index is 0.145. The van der Waals surface area contributed by atoms with Crippen LogP contribution in [0.25, 0.3) is 71.7 Å². The second-order valence-corrected chi connectivity index (χ2v) is 17.2. The van der Waals surface area contributed by atoms with Gasteiger partial charge in [0.25, 0.3) is 0 Å². The van der Waals surface area contributed by atoms with Crippen molar-refractivity contribution in [1.82, 2.24) is 4.57 Å². The van der Waals surface area contributed by atoms with Crippen LogP contribution in [0.3, 0.4) is 0 Å². The molecule has 9 aromatic carbocycles. The Labute approximate surface area is 360 Å². The fraction of sp³-hybridized carbons (Fsp3) is 0.0847. The quantitative estimate of drug-likeness (QED) is 0.188. The maximum atomic E-state index is 7.06.